The highest BCUT2D eigenvalue weighted by Crippen LogP contribution is 2.24. The largest absolute Gasteiger partial charge is 0.381 e. The molecule has 25 heavy (non-hydrogen) atoms. The number of ether oxygens (including phenoxy) is 2. The van der Waals surface area contributed by atoms with Crippen LogP contribution in [0.3, 0.4) is 0 Å². The van der Waals surface area contributed by atoms with Gasteiger partial charge in [-0.15, -0.1) is 0 Å². The van der Waals surface area contributed by atoms with Gasteiger partial charge in [-0.2, -0.15) is 0 Å². The van der Waals surface area contributed by atoms with Crippen molar-refractivity contribution in [2.24, 2.45) is 5.92 Å². The number of carbonyl (C=O) groups is 1. The molecule has 6 heteroatoms. The number of morpholine rings is 1. The highest BCUT2D eigenvalue weighted by molar-refractivity contribution is 5.75. The lowest BCUT2D eigenvalue weighted by atomic mass is 9.97. The van der Waals surface area contributed by atoms with Crippen LogP contribution in [0.25, 0.3) is 0 Å². The van der Waals surface area contributed by atoms with Crippen LogP contribution < -0.4 is 5.32 Å². The molecule has 6 nitrogen and oxygen atoms in total. The Kier molecular flexibility index (Phi) is 5.20. The van der Waals surface area contributed by atoms with E-state index < -0.39 is 0 Å². The second-order valence-electron chi connectivity index (χ2n) is 7.15. The zero-order valence-electron chi connectivity index (χ0n) is 14.7. The Hall–Kier alpha value is -1.63. The molecule has 1 aromatic rings. The fraction of sp³-hybridized carbons (Fsp3) is 0.632. The van der Waals surface area contributed by atoms with Gasteiger partial charge in [0.25, 0.3) is 0 Å². The number of urea groups is 1. The molecule has 0 aromatic heterocycles. The van der Waals surface area contributed by atoms with E-state index in [1.165, 1.54) is 11.1 Å². The SMILES string of the molecule is O=C(NCC(C1CCOC1)N1CCOCC1)N1Cc2ccccc2C1. The molecule has 2 fully saturated rings. The van der Waals surface area contributed by atoms with E-state index in [0.717, 1.165) is 45.9 Å². The minimum Gasteiger partial charge on any atom is -0.381 e. The first-order chi connectivity index (χ1) is 12.3. The highest BCUT2D eigenvalue weighted by Gasteiger charge is 2.32. The van der Waals surface area contributed by atoms with Gasteiger partial charge in [0.2, 0.25) is 0 Å². The van der Waals surface area contributed by atoms with Gasteiger partial charge in [-0.25, -0.2) is 4.79 Å². The number of fused-ring (bicyclic) bond motifs is 1. The van der Waals surface area contributed by atoms with Crippen molar-refractivity contribution in [1.29, 1.82) is 0 Å². The molecule has 3 heterocycles. The smallest absolute Gasteiger partial charge is 0.318 e. The predicted molar refractivity (Wildman–Crippen MR) is 94.2 cm³/mol. The van der Waals surface area contributed by atoms with Crippen molar-refractivity contribution >= 4 is 6.03 Å². The molecule has 0 radical (unpaired) electrons. The van der Waals surface area contributed by atoms with E-state index in [-0.39, 0.29) is 6.03 Å². The normalized spacial score (nSPS) is 25.0. The van der Waals surface area contributed by atoms with Crippen LogP contribution in [0, 0.1) is 5.92 Å². The predicted octanol–water partition coefficient (Wildman–Crippen LogP) is 1.45. The van der Waals surface area contributed by atoms with E-state index in [1.807, 2.05) is 17.0 Å². The molecule has 3 aliphatic rings. The summed E-state index contributed by atoms with van der Waals surface area (Å²) in [6.07, 6.45) is 1.08. The van der Waals surface area contributed by atoms with E-state index in [2.05, 4.69) is 22.3 Å². The molecule has 0 aliphatic carbocycles. The monoisotopic (exact) mass is 345 g/mol. The van der Waals surface area contributed by atoms with Crippen LogP contribution in [-0.2, 0) is 22.6 Å². The van der Waals surface area contributed by atoms with Gasteiger partial charge in [0.15, 0.2) is 0 Å². The third-order valence-corrected chi connectivity index (χ3v) is 5.61. The van der Waals surface area contributed by atoms with Gasteiger partial charge in [-0.1, -0.05) is 24.3 Å². The summed E-state index contributed by atoms with van der Waals surface area (Å²) in [6, 6.07) is 8.65. The highest BCUT2D eigenvalue weighted by atomic mass is 16.5. The Balaban J connectivity index is 1.35. The van der Waals surface area contributed by atoms with Crippen LogP contribution in [0.4, 0.5) is 4.79 Å². The van der Waals surface area contributed by atoms with Crippen molar-refractivity contribution in [1.82, 2.24) is 15.1 Å². The summed E-state index contributed by atoms with van der Waals surface area (Å²) in [5.74, 6) is 0.495. The number of hydrogen-bond acceptors (Lipinski definition) is 4. The van der Waals surface area contributed by atoms with Crippen LogP contribution in [0.5, 0.6) is 0 Å². The maximum atomic E-state index is 12.7. The van der Waals surface area contributed by atoms with Crippen LogP contribution in [0.1, 0.15) is 17.5 Å². The molecular weight excluding hydrogens is 318 g/mol. The van der Waals surface area contributed by atoms with Crippen LogP contribution >= 0.6 is 0 Å². The number of amides is 2. The first-order valence-corrected chi connectivity index (χ1v) is 9.30. The average Bonchev–Trinajstić information content (AvgIpc) is 3.32. The number of nitrogens with one attached hydrogen (secondary N) is 1. The average molecular weight is 345 g/mol. The number of benzene rings is 1. The lowest BCUT2D eigenvalue weighted by Gasteiger charge is -2.37. The third kappa shape index (κ3) is 3.81. The summed E-state index contributed by atoms with van der Waals surface area (Å²) in [4.78, 5) is 17.0. The minimum atomic E-state index is 0.0355. The molecule has 3 aliphatic heterocycles. The number of rotatable bonds is 4. The van der Waals surface area contributed by atoms with Crippen molar-refractivity contribution in [2.75, 3.05) is 46.1 Å². The van der Waals surface area contributed by atoms with Crippen LogP contribution in [0.15, 0.2) is 24.3 Å². The third-order valence-electron chi connectivity index (χ3n) is 5.61. The molecular formula is C19H27N3O3. The fourth-order valence-corrected chi connectivity index (χ4v) is 4.14. The van der Waals surface area contributed by atoms with E-state index in [4.69, 9.17) is 9.47 Å². The summed E-state index contributed by atoms with van der Waals surface area (Å²) in [5.41, 5.74) is 2.51. The van der Waals surface area contributed by atoms with E-state index in [9.17, 15) is 4.79 Å². The zero-order chi connectivity index (χ0) is 17.1. The fourth-order valence-electron chi connectivity index (χ4n) is 4.14. The summed E-state index contributed by atoms with van der Waals surface area (Å²) in [7, 11) is 0. The van der Waals surface area contributed by atoms with Crippen molar-refractivity contribution in [2.45, 2.75) is 25.6 Å². The first-order valence-electron chi connectivity index (χ1n) is 9.30. The Morgan fingerprint density at radius 1 is 1.12 bits per heavy atom. The Labute approximate surface area is 149 Å². The quantitative estimate of drug-likeness (QED) is 0.897. The molecule has 0 bridgehead atoms. The van der Waals surface area contributed by atoms with Crippen molar-refractivity contribution < 1.29 is 14.3 Å². The van der Waals surface area contributed by atoms with Gasteiger partial charge < -0.3 is 19.7 Å². The van der Waals surface area contributed by atoms with Crippen molar-refractivity contribution in [3.63, 3.8) is 0 Å². The van der Waals surface area contributed by atoms with Gasteiger partial charge in [0.1, 0.15) is 0 Å². The Morgan fingerprint density at radius 3 is 2.48 bits per heavy atom. The Bertz CT molecular complexity index is 572. The molecule has 2 amide bonds. The first kappa shape index (κ1) is 16.8. The number of nitrogens with zero attached hydrogens (tertiary/aromatic N) is 2. The second-order valence-corrected chi connectivity index (χ2v) is 7.15. The summed E-state index contributed by atoms with van der Waals surface area (Å²) >= 11 is 0. The number of hydrogen-bond donors (Lipinski definition) is 1. The molecule has 4 rings (SSSR count). The molecule has 0 spiro atoms. The van der Waals surface area contributed by atoms with E-state index >= 15 is 0 Å². The summed E-state index contributed by atoms with van der Waals surface area (Å²) < 4.78 is 11.1. The molecule has 2 saturated heterocycles. The molecule has 1 N–H and O–H groups in total. The van der Waals surface area contributed by atoms with Gasteiger partial charge in [0, 0.05) is 51.3 Å². The lowest BCUT2D eigenvalue weighted by molar-refractivity contribution is 0.00185. The minimum absolute atomic E-state index is 0.0355. The van der Waals surface area contributed by atoms with Gasteiger partial charge in [-0.05, 0) is 17.5 Å². The van der Waals surface area contributed by atoms with Gasteiger partial charge in [-0.3, -0.25) is 4.90 Å². The van der Waals surface area contributed by atoms with E-state index in [0.29, 0.717) is 31.6 Å². The second kappa shape index (κ2) is 7.72. The van der Waals surface area contributed by atoms with Crippen molar-refractivity contribution in [3.8, 4) is 0 Å². The zero-order valence-corrected chi connectivity index (χ0v) is 14.7. The van der Waals surface area contributed by atoms with Gasteiger partial charge in [0.05, 0.1) is 19.8 Å². The van der Waals surface area contributed by atoms with Crippen LogP contribution in [-0.4, -0.2) is 67.9 Å². The maximum Gasteiger partial charge on any atom is 0.318 e. The molecule has 1 aromatic carbocycles. The standard InChI is InChI=1S/C19H27N3O3/c23-19(22-12-15-3-1-2-4-16(15)13-22)20-11-18(17-5-8-25-14-17)21-6-9-24-10-7-21/h1-4,17-18H,5-14H2,(H,20,23). The molecule has 2 atom stereocenters. The molecule has 0 saturated carbocycles. The Morgan fingerprint density at radius 2 is 1.84 bits per heavy atom. The molecule has 136 valence electrons. The summed E-state index contributed by atoms with van der Waals surface area (Å²) in [6.45, 7) is 7.15. The summed E-state index contributed by atoms with van der Waals surface area (Å²) in [5, 5.41) is 3.18. The van der Waals surface area contributed by atoms with Crippen molar-refractivity contribution in [3.05, 3.63) is 35.4 Å². The van der Waals surface area contributed by atoms with Crippen LogP contribution in [0.2, 0.25) is 0 Å². The van der Waals surface area contributed by atoms with E-state index in [1.54, 1.807) is 0 Å². The molecule has 2 unspecified atom stereocenters. The maximum absolute atomic E-state index is 12.7. The van der Waals surface area contributed by atoms with Gasteiger partial charge >= 0.3 is 6.03 Å². The topological polar surface area (TPSA) is 54.0 Å². The number of carbonyl (C=O) groups excluding carboxylic acids is 1. The lowest BCUT2D eigenvalue weighted by Crippen LogP contribution is -2.53.